The van der Waals surface area contributed by atoms with Gasteiger partial charge in [-0.05, 0) is 43.1 Å². The zero-order valence-corrected chi connectivity index (χ0v) is 8.77. The molecule has 2 unspecified atom stereocenters. The molecule has 0 bridgehead atoms. The minimum Gasteiger partial charge on any atom is -0.330 e. The summed E-state index contributed by atoms with van der Waals surface area (Å²) in [5.41, 5.74) is 6.20. The molecule has 1 rings (SSSR count). The fraction of sp³-hybridized carbons (Fsp3) is 1.00. The first-order chi connectivity index (χ1) is 5.54. The van der Waals surface area contributed by atoms with Crippen molar-refractivity contribution in [3.8, 4) is 0 Å². The molecule has 0 aromatic rings. The maximum Gasteiger partial charge on any atom is -0.00488 e. The Morgan fingerprint density at radius 3 is 2.42 bits per heavy atom. The van der Waals surface area contributed by atoms with Crippen LogP contribution in [0.4, 0.5) is 0 Å². The Balaban J connectivity index is 2.46. The third kappa shape index (κ3) is 2.48. The molecular formula is C11H23N. The molecule has 0 saturated heterocycles. The molecule has 0 heterocycles. The Morgan fingerprint density at radius 1 is 1.25 bits per heavy atom. The van der Waals surface area contributed by atoms with E-state index in [4.69, 9.17) is 5.73 Å². The Morgan fingerprint density at radius 2 is 1.92 bits per heavy atom. The zero-order valence-electron chi connectivity index (χ0n) is 8.77. The molecule has 12 heavy (non-hydrogen) atoms. The third-order valence-electron chi connectivity index (χ3n) is 3.34. The summed E-state index contributed by atoms with van der Waals surface area (Å²) in [6.07, 6.45) is 5.53. The summed E-state index contributed by atoms with van der Waals surface area (Å²) >= 11 is 0. The van der Waals surface area contributed by atoms with Gasteiger partial charge in [0.2, 0.25) is 0 Å². The van der Waals surface area contributed by atoms with Crippen molar-refractivity contribution in [2.45, 2.75) is 46.5 Å². The maximum atomic E-state index is 5.71. The van der Waals surface area contributed by atoms with Crippen molar-refractivity contribution in [3.63, 3.8) is 0 Å². The van der Waals surface area contributed by atoms with Crippen LogP contribution in [0.3, 0.4) is 0 Å². The first kappa shape index (κ1) is 10.0. The van der Waals surface area contributed by atoms with Gasteiger partial charge in [-0.2, -0.15) is 0 Å². The molecule has 1 heteroatoms. The highest BCUT2D eigenvalue weighted by Crippen LogP contribution is 2.39. The van der Waals surface area contributed by atoms with E-state index in [0.29, 0.717) is 5.41 Å². The van der Waals surface area contributed by atoms with Crippen LogP contribution in [0.25, 0.3) is 0 Å². The van der Waals surface area contributed by atoms with Gasteiger partial charge in [-0.1, -0.05) is 27.2 Å². The molecule has 0 aromatic heterocycles. The smallest absolute Gasteiger partial charge is 0.00488 e. The van der Waals surface area contributed by atoms with Crippen LogP contribution in [0.2, 0.25) is 0 Å². The summed E-state index contributed by atoms with van der Waals surface area (Å²) in [6, 6.07) is 0. The second-order valence-corrected chi connectivity index (χ2v) is 5.33. The average molecular weight is 169 g/mol. The largest absolute Gasteiger partial charge is 0.330 e. The number of nitrogens with two attached hydrogens (primary N) is 1. The lowest BCUT2D eigenvalue weighted by atomic mass is 9.69. The molecule has 1 nitrogen and oxygen atoms in total. The number of hydrogen-bond acceptors (Lipinski definition) is 1. The van der Waals surface area contributed by atoms with Crippen LogP contribution in [0.5, 0.6) is 0 Å². The minimum atomic E-state index is 0.494. The van der Waals surface area contributed by atoms with Gasteiger partial charge in [0.15, 0.2) is 0 Å². The van der Waals surface area contributed by atoms with Gasteiger partial charge in [0.05, 0.1) is 0 Å². The van der Waals surface area contributed by atoms with Crippen LogP contribution in [0.15, 0.2) is 0 Å². The van der Waals surface area contributed by atoms with E-state index in [2.05, 4.69) is 20.8 Å². The normalized spacial score (nSPS) is 32.0. The molecule has 1 fully saturated rings. The van der Waals surface area contributed by atoms with Crippen molar-refractivity contribution in [2.75, 3.05) is 6.54 Å². The average Bonchev–Trinajstić information content (AvgIpc) is 2.03. The molecule has 0 aromatic carbocycles. The highest BCUT2D eigenvalue weighted by atomic mass is 14.6. The lowest BCUT2D eigenvalue weighted by Gasteiger charge is -2.37. The topological polar surface area (TPSA) is 26.0 Å². The van der Waals surface area contributed by atoms with Crippen molar-refractivity contribution in [1.82, 2.24) is 0 Å². The SMILES string of the molecule is CC(C)(C)C1CCCC(CN)C1. The standard InChI is InChI=1S/C11H23N/c1-11(2,3)10-6-4-5-9(7-10)8-12/h9-10H,4-8,12H2,1-3H3. The van der Waals surface area contributed by atoms with Crippen LogP contribution < -0.4 is 5.73 Å². The highest BCUT2D eigenvalue weighted by molar-refractivity contribution is 4.81. The van der Waals surface area contributed by atoms with Crippen molar-refractivity contribution in [3.05, 3.63) is 0 Å². The van der Waals surface area contributed by atoms with Gasteiger partial charge in [0, 0.05) is 0 Å². The summed E-state index contributed by atoms with van der Waals surface area (Å²) in [5, 5.41) is 0. The van der Waals surface area contributed by atoms with Crippen molar-refractivity contribution in [1.29, 1.82) is 0 Å². The van der Waals surface area contributed by atoms with Gasteiger partial charge in [-0.3, -0.25) is 0 Å². The Labute approximate surface area is 76.7 Å². The molecule has 0 aliphatic heterocycles. The lowest BCUT2D eigenvalue weighted by molar-refractivity contribution is 0.144. The van der Waals surface area contributed by atoms with Crippen molar-refractivity contribution < 1.29 is 0 Å². The van der Waals surface area contributed by atoms with Gasteiger partial charge >= 0.3 is 0 Å². The maximum absolute atomic E-state index is 5.71. The van der Waals surface area contributed by atoms with Gasteiger partial charge < -0.3 is 5.73 Å². The van der Waals surface area contributed by atoms with E-state index in [1.165, 1.54) is 25.7 Å². The van der Waals surface area contributed by atoms with Crippen molar-refractivity contribution in [2.24, 2.45) is 23.0 Å². The molecule has 1 saturated carbocycles. The summed E-state index contributed by atoms with van der Waals surface area (Å²) in [4.78, 5) is 0. The van der Waals surface area contributed by atoms with Crippen LogP contribution in [0, 0.1) is 17.3 Å². The fourth-order valence-corrected chi connectivity index (χ4v) is 2.29. The minimum absolute atomic E-state index is 0.494. The highest BCUT2D eigenvalue weighted by Gasteiger charge is 2.29. The molecule has 1 aliphatic carbocycles. The van der Waals surface area contributed by atoms with E-state index in [-0.39, 0.29) is 0 Å². The van der Waals surface area contributed by atoms with Crippen LogP contribution in [-0.2, 0) is 0 Å². The Hall–Kier alpha value is -0.0400. The van der Waals surface area contributed by atoms with E-state index in [0.717, 1.165) is 18.4 Å². The molecule has 0 spiro atoms. The lowest BCUT2D eigenvalue weighted by Crippen LogP contribution is -2.29. The molecule has 72 valence electrons. The quantitative estimate of drug-likeness (QED) is 0.642. The van der Waals surface area contributed by atoms with Gasteiger partial charge in [0.25, 0.3) is 0 Å². The second-order valence-electron chi connectivity index (χ2n) is 5.33. The zero-order chi connectivity index (χ0) is 9.19. The first-order valence-corrected chi connectivity index (χ1v) is 5.24. The van der Waals surface area contributed by atoms with Gasteiger partial charge in [-0.25, -0.2) is 0 Å². The molecular weight excluding hydrogens is 146 g/mol. The van der Waals surface area contributed by atoms with E-state index >= 15 is 0 Å². The summed E-state index contributed by atoms with van der Waals surface area (Å²) in [7, 11) is 0. The fourth-order valence-electron chi connectivity index (χ4n) is 2.29. The molecule has 0 radical (unpaired) electrons. The summed E-state index contributed by atoms with van der Waals surface area (Å²) in [5.74, 6) is 1.71. The molecule has 2 N–H and O–H groups in total. The van der Waals surface area contributed by atoms with Gasteiger partial charge in [0.1, 0.15) is 0 Å². The summed E-state index contributed by atoms with van der Waals surface area (Å²) in [6.45, 7) is 7.97. The molecule has 2 atom stereocenters. The van der Waals surface area contributed by atoms with E-state index in [1.54, 1.807) is 0 Å². The number of rotatable bonds is 1. The van der Waals surface area contributed by atoms with Crippen LogP contribution in [-0.4, -0.2) is 6.54 Å². The van der Waals surface area contributed by atoms with Crippen molar-refractivity contribution >= 4 is 0 Å². The van der Waals surface area contributed by atoms with Crippen LogP contribution >= 0.6 is 0 Å². The van der Waals surface area contributed by atoms with E-state index in [9.17, 15) is 0 Å². The predicted octanol–water partition coefficient (Wildman–Crippen LogP) is 2.80. The molecule has 1 aliphatic rings. The predicted molar refractivity (Wildman–Crippen MR) is 54.0 cm³/mol. The second kappa shape index (κ2) is 3.78. The summed E-state index contributed by atoms with van der Waals surface area (Å²) < 4.78 is 0. The van der Waals surface area contributed by atoms with E-state index in [1.807, 2.05) is 0 Å². The monoisotopic (exact) mass is 169 g/mol. The third-order valence-corrected chi connectivity index (χ3v) is 3.34. The van der Waals surface area contributed by atoms with E-state index < -0.39 is 0 Å². The van der Waals surface area contributed by atoms with Gasteiger partial charge in [-0.15, -0.1) is 0 Å². The Bertz CT molecular complexity index is 134. The molecule has 0 amide bonds. The number of hydrogen-bond donors (Lipinski definition) is 1. The first-order valence-electron chi connectivity index (χ1n) is 5.24. The Kier molecular flexibility index (Phi) is 3.16. The van der Waals surface area contributed by atoms with Crippen LogP contribution in [0.1, 0.15) is 46.5 Å².